The van der Waals surface area contributed by atoms with Crippen LogP contribution in [-0.2, 0) is 17.9 Å². The van der Waals surface area contributed by atoms with Gasteiger partial charge in [0, 0.05) is 31.5 Å². The number of ether oxygens (including phenoxy) is 1. The fourth-order valence-electron chi connectivity index (χ4n) is 3.25. The maximum atomic E-state index is 13.6. The van der Waals surface area contributed by atoms with Crippen LogP contribution in [-0.4, -0.2) is 17.6 Å². The van der Waals surface area contributed by atoms with Crippen LogP contribution in [0.4, 0.5) is 10.1 Å². The Labute approximate surface area is 161 Å². The number of anilines is 1. The summed E-state index contributed by atoms with van der Waals surface area (Å²) in [5, 5.41) is 2.91. The molecule has 0 unspecified atom stereocenters. The molecule has 0 aliphatic carbocycles. The normalized spacial score (nSPS) is 11.1. The molecule has 0 aliphatic rings. The SMILES string of the molecule is COCc1cccc(NC(=O)c2cc3occc3n2Cc2cccc(F)c2)c1. The highest BCUT2D eigenvalue weighted by atomic mass is 19.1. The molecule has 28 heavy (non-hydrogen) atoms. The van der Waals surface area contributed by atoms with E-state index in [0.29, 0.717) is 30.1 Å². The van der Waals surface area contributed by atoms with E-state index < -0.39 is 0 Å². The minimum atomic E-state index is -0.311. The van der Waals surface area contributed by atoms with Crippen molar-refractivity contribution in [2.24, 2.45) is 0 Å². The molecule has 1 amide bonds. The smallest absolute Gasteiger partial charge is 0.272 e. The van der Waals surface area contributed by atoms with Crippen molar-refractivity contribution < 1.29 is 18.3 Å². The number of furan rings is 1. The van der Waals surface area contributed by atoms with Gasteiger partial charge >= 0.3 is 0 Å². The molecule has 0 aliphatic heterocycles. The van der Waals surface area contributed by atoms with Crippen molar-refractivity contribution in [1.29, 1.82) is 0 Å². The molecule has 0 spiro atoms. The van der Waals surface area contributed by atoms with E-state index in [1.807, 2.05) is 34.9 Å². The summed E-state index contributed by atoms with van der Waals surface area (Å²) >= 11 is 0. The minimum absolute atomic E-state index is 0.266. The lowest BCUT2D eigenvalue weighted by Gasteiger charge is -2.11. The van der Waals surface area contributed by atoms with Crippen LogP contribution in [0, 0.1) is 5.82 Å². The first kappa shape index (κ1) is 18.0. The number of methoxy groups -OCH3 is 1. The zero-order valence-corrected chi connectivity index (χ0v) is 15.3. The van der Waals surface area contributed by atoms with Gasteiger partial charge in [-0.1, -0.05) is 24.3 Å². The van der Waals surface area contributed by atoms with Gasteiger partial charge in [0.05, 0.1) is 18.4 Å². The van der Waals surface area contributed by atoms with Gasteiger partial charge in [-0.2, -0.15) is 0 Å². The minimum Gasteiger partial charge on any atom is -0.463 e. The summed E-state index contributed by atoms with van der Waals surface area (Å²) in [4.78, 5) is 12.9. The molecule has 4 rings (SSSR count). The van der Waals surface area contributed by atoms with Crippen molar-refractivity contribution >= 4 is 22.7 Å². The Bertz CT molecular complexity index is 1130. The van der Waals surface area contributed by atoms with Gasteiger partial charge in [-0.25, -0.2) is 4.39 Å². The number of nitrogens with zero attached hydrogens (tertiary/aromatic N) is 1. The van der Waals surface area contributed by atoms with E-state index in [1.54, 1.807) is 31.6 Å². The van der Waals surface area contributed by atoms with E-state index in [1.165, 1.54) is 12.1 Å². The lowest BCUT2D eigenvalue weighted by atomic mass is 10.2. The summed E-state index contributed by atoms with van der Waals surface area (Å²) in [5.41, 5.74) is 4.22. The molecule has 2 heterocycles. The molecule has 0 saturated carbocycles. The van der Waals surface area contributed by atoms with Crippen molar-refractivity contribution in [3.8, 4) is 0 Å². The van der Waals surface area contributed by atoms with Crippen molar-refractivity contribution in [2.75, 3.05) is 12.4 Å². The standard InChI is InChI=1S/C22H19FN2O3/c1-27-14-16-5-3-7-18(11-16)24-22(26)20-12-21-19(8-9-28-21)25(20)13-15-4-2-6-17(23)10-15/h2-12H,13-14H2,1H3,(H,24,26). The molecule has 0 saturated heterocycles. The van der Waals surface area contributed by atoms with Gasteiger partial charge in [-0.3, -0.25) is 4.79 Å². The molecule has 0 bridgehead atoms. The van der Waals surface area contributed by atoms with Crippen LogP contribution in [0.5, 0.6) is 0 Å². The number of fused-ring (bicyclic) bond motifs is 1. The van der Waals surface area contributed by atoms with Crippen molar-refractivity contribution in [1.82, 2.24) is 4.57 Å². The average Bonchev–Trinajstić information content (AvgIpc) is 3.25. The first-order chi connectivity index (χ1) is 13.6. The summed E-state index contributed by atoms with van der Waals surface area (Å²) < 4.78 is 26.0. The number of carbonyl (C=O) groups excluding carboxylic acids is 1. The first-order valence-electron chi connectivity index (χ1n) is 8.84. The van der Waals surface area contributed by atoms with Gasteiger partial charge in [0.1, 0.15) is 11.5 Å². The Morgan fingerprint density at radius 3 is 2.75 bits per heavy atom. The highest BCUT2D eigenvalue weighted by Gasteiger charge is 2.18. The van der Waals surface area contributed by atoms with Crippen molar-refractivity contribution in [2.45, 2.75) is 13.2 Å². The number of rotatable bonds is 6. The van der Waals surface area contributed by atoms with Crippen molar-refractivity contribution in [3.63, 3.8) is 0 Å². The summed E-state index contributed by atoms with van der Waals surface area (Å²) in [6.07, 6.45) is 1.57. The van der Waals surface area contributed by atoms with Gasteiger partial charge < -0.3 is 19.0 Å². The molecule has 0 atom stereocenters. The van der Waals surface area contributed by atoms with Gasteiger partial charge in [0.2, 0.25) is 0 Å². The van der Waals surface area contributed by atoms with E-state index in [9.17, 15) is 9.18 Å². The van der Waals surface area contributed by atoms with Crippen LogP contribution in [0.1, 0.15) is 21.6 Å². The Hall–Kier alpha value is -3.38. The van der Waals surface area contributed by atoms with E-state index >= 15 is 0 Å². The number of carbonyl (C=O) groups is 1. The maximum Gasteiger partial charge on any atom is 0.272 e. The summed E-state index contributed by atoms with van der Waals surface area (Å²) in [6.45, 7) is 0.819. The van der Waals surface area contributed by atoms with E-state index in [-0.39, 0.29) is 11.7 Å². The third-order valence-electron chi connectivity index (χ3n) is 4.48. The van der Waals surface area contributed by atoms with Crippen LogP contribution in [0.3, 0.4) is 0 Å². The fourth-order valence-corrected chi connectivity index (χ4v) is 3.25. The zero-order valence-electron chi connectivity index (χ0n) is 15.3. The second-order valence-corrected chi connectivity index (χ2v) is 6.50. The molecule has 0 fully saturated rings. The molecule has 2 aromatic carbocycles. The second-order valence-electron chi connectivity index (χ2n) is 6.50. The monoisotopic (exact) mass is 378 g/mol. The van der Waals surface area contributed by atoms with Gasteiger partial charge in [-0.15, -0.1) is 0 Å². The number of hydrogen-bond acceptors (Lipinski definition) is 3. The molecule has 2 aromatic heterocycles. The number of benzene rings is 2. The van der Waals surface area contributed by atoms with Crippen LogP contribution in [0.2, 0.25) is 0 Å². The predicted octanol–water partition coefficient (Wildman–Crippen LogP) is 4.82. The molecule has 5 nitrogen and oxygen atoms in total. The third-order valence-corrected chi connectivity index (χ3v) is 4.48. The summed E-state index contributed by atoms with van der Waals surface area (Å²) in [6, 6.07) is 17.3. The molecule has 1 N–H and O–H groups in total. The number of amides is 1. The van der Waals surface area contributed by atoms with Crippen molar-refractivity contribution in [3.05, 3.63) is 89.6 Å². The Balaban J connectivity index is 1.65. The van der Waals surface area contributed by atoms with Gasteiger partial charge in [0.25, 0.3) is 5.91 Å². The Morgan fingerprint density at radius 2 is 1.93 bits per heavy atom. The number of hydrogen-bond donors (Lipinski definition) is 1. The number of aromatic nitrogens is 1. The summed E-state index contributed by atoms with van der Waals surface area (Å²) in [7, 11) is 1.62. The van der Waals surface area contributed by atoms with Crippen LogP contribution in [0.25, 0.3) is 11.1 Å². The van der Waals surface area contributed by atoms with Crippen LogP contribution >= 0.6 is 0 Å². The lowest BCUT2D eigenvalue weighted by Crippen LogP contribution is -2.17. The van der Waals surface area contributed by atoms with Gasteiger partial charge in [0.15, 0.2) is 5.58 Å². The Kier molecular flexibility index (Phi) is 4.95. The molecule has 142 valence electrons. The summed E-state index contributed by atoms with van der Waals surface area (Å²) in [5.74, 6) is -0.577. The first-order valence-corrected chi connectivity index (χ1v) is 8.84. The fraction of sp³-hybridized carbons (Fsp3) is 0.136. The molecule has 0 radical (unpaired) electrons. The largest absolute Gasteiger partial charge is 0.463 e. The lowest BCUT2D eigenvalue weighted by molar-refractivity contribution is 0.101. The van der Waals surface area contributed by atoms with E-state index in [2.05, 4.69) is 5.32 Å². The predicted molar refractivity (Wildman–Crippen MR) is 105 cm³/mol. The topological polar surface area (TPSA) is 56.4 Å². The van der Waals surface area contributed by atoms with E-state index in [4.69, 9.17) is 9.15 Å². The average molecular weight is 378 g/mol. The molecule has 6 heteroatoms. The van der Waals surface area contributed by atoms with E-state index in [0.717, 1.165) is 16.6 Å². The maximum absolute atomic E-state index is 13.6. The molecule has 4 aromatic rings. The zero-order chi connectivity index (χ0) is 19.5. The highest BCUT2D eigenvalue weighted by Crippen LogP contribution is 2.24. The highest BCUT2D eigenvalue weighted by molar-refractivity contribution is 6.05. The van der Waals surface area contributed by atoms with Gasteiger partial charge in [-0.05, 0) is 35.4 Å². The van der Waals surface area contributed by atoms with Crippen LogP contribution in [0.15, 0.2) is 71.3 Å². The third kappa shape index (κ3) is 3.68. The second kappa shape index (κ2) is 7.70. The molecular weight excluding hydrogens is 359 g/mol. The Morgan fingerprint density at radius 1 is 1.11 bits per heavy atom. The quantitative estimate of drug-likeness (QED) is 0.523. The molecular formula is C22H19FN2O3. The van der Waals surface area contributed by atoms with Crippen LogP contribution < -0.4 is 5.32 Å². The number of nitrogens with one attached hydrogen (secondary N) is 1. The number of halogens is 1.